The summed E-state index contributed by atoms with van der Waals surface area (Å²) in [6.45, 7) is 10.5. The third-order valence-corrected chi connectivity index (χ3v) is 5.66. The first-order valence-electron chi connectivity index (χ1n) is 8.64. The highest BCUT2D eigenvalue weighted by Crippen LogP contribution is 2.53. The molecule has 2 aliphatic carbocycles. The second kappa shape index (κ2) is 6.72. The maximum absolute atomic E-state index is 10.6. The van der Waals surface area contributed by atoms with Crippen molar-refractivity contribution in [1.82, 2.24) is 0 Å². The van der Waals surface area contributed by atoms with E-state index < -0.39 is 5.60 Å². The fraction of sp³-hybridized carbons (Fsp3) is 0.700. The monoisotopic (exact) mass is 304 g/mol. The van der Waals surface area contributed by atoms with E-state index in [0.717, 1.165) is 50.5 Å². The van der Waals surface area contributed by atoms with E-state index in [4.69, 9.17) is 0 Å². The number of allylic oxidation sites excluding steroid dienone is 3. The molecule has 124 valence electrons. The molecule has 2 nitrogen and oxygen atoms in total. The molecule has 2 aliphatic rings. The third-order valence-electron chi connectivity index (χ3n) is 5.66. The molecule has 0 spiro atoms. The lowest BCUT2D eigenvalue weighted by molar-refractivity contribution is 0.0337. The minimum Gasteiger partial charge on any atom is -0.392 e. The molecule has 0 unspecified atom stereocenters. The predicted molar refractivity (Wildman–Crippen MR) is 92.6 cm³/mol. The van der Waals surface area contributed by atoms with Crippen LogP contribution in [-0.2, 0) is 0 Å². The van der Waals surface area contributed by atoms with Gasteiger partial charge < -0.3 is 10.2 Å². The van der Waals surface area contributed by atoms with Crippen molar-refractivity contribution >= 4 is 0 Å². The van der Waals surface area contributed by atoms with Crippen LogP contribution in [0.3, 0.4) is 0 Å². The Morgan fingerprint density at radius 1 is 1.27 bits per heavy atom. The molecular weight excluding hydrogens is 272 g/mol. The van der Waals surface area contributed by atoms with Gasteiger partial charge in [0.25, 0.3) is 0 Å². The van der Waals surface area contributed by atoms with Crippen LogP contribution in [0.5, 0.6) is 0 Å². The molecule has 0 radical (unpaired) electrons. The second-order valence-corrected chi connectivity index (χ2v) is 7.98. The fourth-order valence-electron chi connectivity index (χ4n) is 4.09. The normalized spacial score (nSPS) is 35.9. The lowest BCUT2D eigenvalue weighted by atomic mass is 9.74. The molecule has 1 fully saturated rings. The zero-order valence-electron chi connectivity index (χ0n) is 14.5. The SMILES string of the molecule is C=C1CC/C=C(/CO)C/C=C2/[C@H](C(C)(C)O)CC[C@@]2(C)CC1. The first kappa shape index (κ1) is 17.5. The average molecular weight is 304 g/mol. The maximum Gasteiger partial charge on any atom is 0.0656 e. The summed E-state index contributed by atoms with van der Waals surface area (Å²) in [7, 11) is 0. The summed E-state index contributed by atoms with van der Waals surface area (Å²) in [5.41, 5.74) is 3.28. The van der Waals surface area contributed by atoms with Gasteiger partial charge >= 0.3 is 0 Å². The molecule has 22 heavy (non-hydrogen) atoms. The molecule has 0 aromatic rings. The highest BCUT2D eigenvalue weighted by molar-refractivity contribution is 5.27. The van der Waals surface area contributed by atoms with Crippen LogP contribution in [0.2, 0.25) is 0 Å². The van der Waals surface area contributed by atoms with Gasteiger partial charge in [0.2, 0.25) is 0 Å². The van der Waals surface area contributed by atoms with Gasteiger partial charge in [-0.2, -0.15) is 0 Å². The molecule has 0 amide bonds. The number of aliphatic hydroxyl groups excluding tert-OH is 1. The molecule has 0 aromatic carbocycles. The Labute approximate surface area is 135 Å². The predicted octanol–water partition coefficient (Wildman–Crippen LogP) is 4.54. The van der Waals surface area contributed by atoms with Gasteiger partial charge in [0.15, 0.2) is 0 Å². The largest absolute Gasteiger partial charge is 0.392 e. The topological polar surface area (TPSA) is 40.5 Å². The van der Waals surface area contributed by atoms with E-state index >= 15 is 0 Å². The van der Waals surface area contributed by atoms with Crippen molar-refractivity contribution in [3.05, 3.63) is 35.5 Å². The Morgan fingerprint density at radius 2 is 2.00 bits per heavy atom. The van der Waals surface area contributed by atoms with Crippen molar-refractivity contribution in [2.75, 3.05) is 6.61 Å². The maximum atomic E-state index is 10.6. The molecule has 2 heteroatoms. The van der Waals surface area contributed by atoms with Gasteiger partial charge in [0, 0.05) is 5.92 Å². The highest BCUT2D eigenvalue weighted by atomic mass is 16.3. The van der Waals surface area contributed by atoms with Crippen molar-refractivity contribution in [2.24, 2.45) is 11.3 Å². The molecule has 2 rings (SSSR count). The van der Waals surface area contributed by atoms with Gasteiger partial charge in [-0.1, -0.05) is 36.8 Å². The lowest BCUT2D eigenvalue weighted by Crippen LogP contribution is -2.32. The minimum atomic E-state index is -0.677. The van der Waals surface area contributed by atoms with E-state index in [1.54, 1.807) is 0 Å². The molecule has 0 aliphatic heterocycles. The van der Waals surface area contributed by atoms with E-state index in [-0.39, 0.29) is 17.9 Å². The van der Waals surface area contributed by atoms with Crippen LogP contribution in [0.4, 0.5) is 0 Å². The van der Waals surface area contributed by atoms with Crippen LogP contribution in [0.1, 0.15) is 65.7 Å². The van der Waals surface area contributed by atoms with Crippen molar-refractivity contribution in [2.45, 2.75) is 71.3 Å². The van der Waals surface area contributed by atoms with Crippen LogP contribution >= 0.6 is 0 Å². The van der Waals surface area contributed by atoms with Crippen molar-refractivity contribution in [3.63, 3.8) is 0 Å². The number of hydrogen-bond acceptors (Lipinski definition) is 2. The second-order valence-electron chi connectivity index (χ2n) is 7.98. The van der Waals surface area contributed by atoms with Crippen LogP contribution in [-0.4, -0.2) is 22.4 Å². The summed E-state index contributed by atoms with van der Waals surface area (Å²) in [4.78, 5) is 0. The zero-order chi connectivity index (χ0) is 16.4. The fourth-order valence-corrected chi connectivity index (χ4v) is 4.09. The van der Waals surface area contributed by atoms with Gasteiger partial charge in [0.05, 0.1) is 12.2 Å². The molecular formula is C20H32O2. The van der Waals surface area contributed by atoms with Crippen LogP contribution in [0.25, 0.3) is 0 Å². The van der Waals surface area contributed by atoms with Crippen LogP contribution in [0.15, 0.2) is 35.5 Å². The third kappa shape index (κ3) is 3.91. The average Bonchev–Trinajstić information content (AvgIpc) is 2.76. The molecule has 0 heterocycles. The Balaban J connectivity index is 2.35. The van der Waals surface area contributed by atoms with Gasteiger partial charge in [-0.25, -0.2) is 0 Å². The van der Waals surface area contributed by atoms with E-state index in [1.165, 1.54) is 11.1 Å². The number of fused-ring (bicyclic) bond motifs is 1. The Hall–Kier alpha value is -0.860. The Bertz CT molecular complexity index is 478. The molecule has 1 saturated carbocycles. The summed E-state index contributed by atoms with van der Waals surface area (Å²) < 4.78 is 0. The van der Waals surface area contributed by atoms with E-state index in [9.17, 15) is 10.2 Å². The highest BCUT2D eigenvalue weighted by Gasteiger charge is 2.45. The van der Waals surface area contributed by atoms with Gasteiger partial charge in [0.1, 0.15) is 0 Å². The van der Waals surface area contributed by atoms with E-state index in [1.807, 2.05) is 13.8 Å². The molecule has 2 atom stereocenters. The minimum absolute atomic E-state index is 0.125. The molecule has 0 bridgehead atoms. The smallest absolute Gasteiger partial charge is 0.0656 e. The zero-order valence-corrected chi connectivity index (χ0v) is 14.5. The van der Waals surface area contributed by atoms with Crippen LogP contribution < -0.4 is 0 Å². The lowest BCUT2D eigenvalue weighted by Gasteiger charge is -2.33. The standard InChI is InChI=1S/C20H32O2/c1-15-6-5-7-16(14-21)8-9-18-17(19(2,3)22)11-13-20(18,4)12-10-15/h7,9,17,21-22H,1,5-6,8,10-14H2,2-4H3/b16-7+,18-9-/t17-,20-/m1/s1. The summed E-state index contributed by atoms with van der Waals surface area (Å²) in [5, 5.41) is 20.1. The number of rotatable bonds is 2. The molecule has 2 N–H and O–H groups in total. The summed E-state index contributed by atoms with van der Waals surface area (Å²) in [6.07, 6.45) is 11.6. The quantitative estimate of drug-likeness (QED) is 0.735. The number of hydrogen-bond donors (Lipinski definition) is 2. The molecule has 0 saturated heterocycles. The van der Waals surface area contributed by atoms with Crippen molar-refractivity contribution in [1.29, 1.82) is 0 Å². The summed E-state index contributed by atoms with van der Waals surface area (Å²) in [6, 6.07) is 0. The Morgan fingerprint density at radius 3 is 2.64 bits per heavy atom. The summed E-state index contributed by atoms with van der Waals surface area (Å²) >= 11 is 0. The number of aliphatic hydroxyl groups is 2. The van der Waals surface area contributed by atoms with Crippen molar-refractivity contribution < 1.29 is 10.2 Å². The van der Waals surface area contributed by atoms with Gasteiger partial charge in [-0.3, -0.25) is 0 Å². The first-order chi connectivity index (χ1) is 10.3. The summed E-state index contributed by atoms with van der Waals surface area (Å²) in [5.74, 6) is 0.228. The van der Waals surface area contributed by atoms with Crippen molar-refractivity contribution in [3.8, 4) is 0 Å². The molecule has 0 aromatic heterocycles. The Kier molecular flexibility index (Phi) is 5.34. The van der Waals surface area contributed by atoms with Gasteiger partial charge in [-0.05, 0) is 69.8 Å². The first-order valence-corrected chi connectivity index (χ1v) is 8.64. The van der Waals surface area contributed by atoms with Crippen LogP contribution in [0, 0.1) is 11.3 Å². The van der Waals surface area contributed by atoms with E-state index in [0.29, 0.717) is 0 Å². The van der Waals surface area contributed by atoms with Gasteiger partial charge in [-0.15, -0.1) is 0 Å². The van der Waals surface area contributed by atoms with E-state index in [2.05, 4.69) is 25.7 Å².